The second-order valence-corrected chi connectivity index (χ2v) is 12.1. The van der Waals surface area contributed by atoms with E-state index in [-0.39, 0.29) is 0 Å². The maximum atomic E-state index is 6.09. The van der Waals surface area contributed by atoms with Crippen molar-refractivity contribution in [3.8, 4) is 67.5 Å². The number of rotatable bonds is 6. The number of hydrogen-bond acceptors (Lipinski definition) is 4. The minimum Gasteiger partial charge on any atom is -0.456 e. The van der Waals surface area contributed by atoms with E-state index in [1.165, 1.54) is 27.8 Å². The van der Waals surface area contributed by atoms with E-state index in [1.54, 1.807) is 0 Å². The van der Waals surface area contributed by atoms with Crippen LogP contribution in [0.1, 0.15) is 0 Å². The molecule has 0 saturated carbocycles. The minimum absolute atomic E-state index is 0.614. The van der Waals surface area contributed by atoms with Crippen LogP contribution in [-0.2, 0) is 0 Å². The molecule has 0 fully saturated rings. The van der Waals surface area contributed by atoms with Crippen molar-refractivity contribution >= 4 is 21.9 Å². The highest BCUT2D eigenvalue weighted by molar-refractivity contribution is 6.06. The van der Waals surface area contributed by atoms with Gasteiger partial charge in [-0.2, -0.15) is 0 Å². The van der Waals surface area contributed by atoms with Crippen LogP contribution < -0.4 is 0 Å². The molecule has 49 heavy (non-hydrogen) atoms. The fraction of sp³-hybridized carbons (Fsp3) is 0. The topological polar surface area (TPSA) is 51.8 Å². The van der Waals surface area contributed by atoms with E-state index < -0.39 is 0 Å². The van der Waals surface area contributed by atoms with Crippen molar-refractivity contribution in [2.45, 2.75) is 0 Å². The van der Waals surface area contributed by atoms with Crippen LogP contribution in [0, 0.1) is 0 Å². The summed E-state index contributed by atoms with van der Waals surface area (Å²) >= 11 is 0. The molecule has 0 aliphatic carbocycles. The first-order chi connectivity index (χ1) is 24.3. The van der Waals surface area contributed by atoms with Crippen LogP contribution in [0.5, 0.6) is 0 Å². The van der Waals surface area contributed by atoms with Gasteiger partial charge in [0.15, 0.2) is 17.5 Å². The van der Waals surface area contributed by atoms with Gasteiger partial charge in [0.25, 0.3) is 0 Å². The molecule has 0 unspecified atom stereocenters. The Morgan fingerprint density at radius 3 is 1.45 bits per heavy atom. The Kier molecular flexibility index (Phi) is 7.10. The summed E-state index contributed by atoms with van der Waals surface area (Å²) in [4.78, 5) is 15.0. The van der Waals surface area contributed by atoms with Crippen molar-refractivity contribution in [3.05, 3.63) is 176 Å². The second-order valence-electron chi connectivity index (χ2n) is 12.1. The molecule has 9 aromatic rings. The third-order valence-corrected chi connectivity index (χ3v) is 8.97. The van der Waals surface area contributed by atoms with E-state index in [0.29, 0.717) is 17.5 Å². The molecule has 230 valence electrons. The number of para-hydroxylation sites is 1. The van der Waals surface area contributed by atoms with E-state index >= 15 is 0 Å². The lowest BCUT2D eigenvalue weighted by molar-refractivity contribution is 0.669. The molecule has 0 aliphatic rings. The van der Waals surface area contributed by atoms with Gasteiger partial charge in [-0.05, 0) is 63.7 Å². The Labute approximate surface area is 284 Å². The van der Waals surface area contributed by atoms with E-state index in [4.69, 9.17) is 19.4 Å². The molecule has 4 heteroatoms. The van der Waals surface area contributed by atoms with Crippen LogP contribution in [0.25, 0.3) is 89.5 Å². The summed E-state index contributed by atoms with van der Waals surface area (Å²) in [6, 6.07) is 60.7. The Hall–Kier alpha value is -6.65. The number of hydrogen-bond donors (Lipinski definition) is 0. The molecular weight excluding hydrogens is 599 g/mol. The number of benzene rings is 7. The van der Waals surface area contributed by atoms with Crippen LogP contribution in [0.15, 0.2) is 180 Å². The predicted molar refractivity (Wildman–Crippen MR) is 200 cm³/mol. The van der Waals surface area contributed by atoms with Gasteiger partial charge in [0.05, 0.1) is 0 Å². The average Bonchev–Trinajstić information content (AvgIpc) is 3.57. The van der Waals surface area contributed by atoms with E-state index in [0.717, 1.165) is 44.2 Å². The first-order valence-electron chi connectivity index (χ1n) is 16.4. The first kappa shape index (κ1) is 28.6. The van der Waals surface area contributed by atoms with Crippen LogP contribution in [-0.4, -0.2) is 15.0 Å². The lowest BCUT2D eigenvalue weighted by Crippen LogP contribution is -2.00. The van der Waals surface area contributed by atoms with Crippen molar-refractivity contribution in [1.29, 1.82) is 0 Å². The van der Waals surface area contributed by atoms with Crippen LogP contribution in [0.2, 0.25) is 0 Å². The van der Waals surface area contributed by atoms with E-state index in [1.807, 2.05) is 60.7 Å². The van der Waals surface area contributed by atoms with Gasteiger partial charge >= 0.3 is 0 Å². The SMILES string of the molecule is c1ccc(-c2ccc(-c3ccc(-c4nc(-c5ccccc5)nc(-c5ccc6oc7ccccc7c6c5)n4)cc3)c(-c3ccccc3)c2)cc1. The van der Waals surface area contributed by atoms with Gasteiger partial charge in [0.1, 0.15) is 11.2 Å². The molecule has 0 bridgehead atoms. The number of nitrogens with zero attached hydrogens (tertiary/aromatic N) is 3. The minimum atomic E-state index is 0.614. The summed E-state index contributed by atoms with van der Waals surface area (Å²) in [6.45, 7) is 0. The summed E-state index contributed by atoms with van der Waals surface area (Å²) in [5, 5.41) is 2.10. The summed E-state index contributed by atoms with van der Waals surface area (Å²) in [6.07, 6.45) is 0. The highest BCUT2D eigenvalue weighted by Gasteiger charge is 2.16. The van der Waals surface area contributed by atoms with Crippen molar-refractivity contribution in [1.82, 2.24) is 15.0 Å². The standard InChI is InChI=1S/C45H29N3O/c1-4-12-30(13-5-1)35-24-26-37(39(28-35)31-14-6-2-7-15-31)32-20-22-34(23-21-32)44-46-43(33-16-8-3-9-17-33)47-45(48-44)36-25-27-42-40(29-36)38-18-10-11-19-41(38)49-42/h1-29H. The molecular formula is C45H29N3O. The zero-order chi connectivity index (χ0) is 32.6. The van der Waals surface area contributed by atoms with Gasteiger partial charge in [-0.3, -0.25) is 0 Å². The summed E-state index contributed by atoms with van der Waals surface area (Å²) in [7, 11) is 0. The van der Waals surface area contributed by atoms with Crippen molar-refractivity contribution < 1.29 is 4.42 Å². The fourth-order valence-electron chi connectivity index (χ4n) is 6.48. The third-order valence-electron chi connectivity index (χ3n) is 8.97. The third kappa shape index (κ3) is 5.45. The molecule has 0 saturated heterocycles. The predicted octanol–water partition coefficient (Wildman–Crippen LogP) is 11.8. The summed E-state index contributed by atoms with van der Waals surface area (Å²) < 4.78 is 6.09. The monoisotopic (exact) mass is 627 g/mol. The van der Waals surface area contributed by atoms with E-state index in [9.17, 15) is 0 Å². The van der Waals surface area contributed by atoms with Gasteiger partial charge in [-0.25, -0.2) is 15.0 Å². The van der Waals surface area contributed by atoms with Gasteiger partial charge in [0, 0.05) is 27.5 Å². The van der Waals surface area contributed by atoms with E-state index in [2.05, 4.69) is 115 Å². The maximum absolute atomic E-state index is 6.09. The summed E-state index contributed by atoms with van der Waals surface area (Å²) in [5.41, 5.74) is 11.5. The fourth-order valence-corrected chi connectivity index (χ4v) is 6.48. The molecule has 0 amide bonds. The molecule has 2 heterocycles. The first-order valence-corrected chi connectivity index (χ1v) is 16.4. The maximum Gasteiger partial charge on any atom is 0.164 e. The molecule has 0 radical (unpaired) electrons. The number of furan rings is 1. The molecule has 4 nitrogen and oxygen atoms in total. The normalized spacial score (nSPS) is 11.3. The smallest absolute Gasteiger partial charge is 0.164 e. The highest BCUT2D eigenvalue weighted by atomic mass is 16.3. The van der Waals surface area contributed by atoms with Crippen molar-refractivity contribution in [2.75, 3.05) is 0 Å². The van der Waals surface area contributed by atoms with Gasteiger partial charge in [0.2, 0.25) is 0 Å². The molecule has 0 spiro atoms. The largest absolute Gasteiger partial charge is 0.456 e. The Bertz CT molecular complexity index is 2580. The Balaban J connectivity index is 1.14. The average molecular weight is 628 g/mol. The molecule has 9 rings (SSSR count). The Morgan fingerprint density at radius 1 is 0.286 bits per heavy atom. The summed E-state index contributed by atoms with van der Waals surface area (Å²) in [5.74, 6) is 1.86. The van der Waals surface area contributed by atoms with Crippen LogP contribution in [0.3, 0.4) is 0 Å². The van der Waals surface area contributed by atoms with Crippen LogP contribution >= 0.6 is 0 Å². The van der Waals surface area contributed by atoms with Gasteiger partial charge < -0.3 is 4.42 Å². The van der Waals surface area contributed by atoms with Gasteiger partial charge in [-0.15, -0.1) is 0 Å². The lowest BCUT2D eigenvalue weighted by atomic mass is 9.91. The molecule has 0 atom stereocenters. The van der Waals surface area contributed by atoms with Crippen molar-refractivity contribution in [3.63, 3.8) is 0 Å². The second kappa shape index (κ2) is 12.2. The quantitative estimate of drug-likeness (QED) is 0.184. The number of aromatic nitrogens is 3. The Morgan fingerprint density at radius 2 is 0.755 bits per heavy atom. The molecule has 7 aromatic carbocycles. The molecule has 2 aromatic heterocycles. The highest BCUT2D eigenvalue weighted by Crippen LogP contribution is 2.37. The van der Waals surface area contributed by atoms with Crippen molar-refractivity contribution in [2.24, 2.45) is 0 Å². The van der Waals surface area contributed by atoms with Crippen LogP contribution in [0.4, 0.5) is 0 Å². The zero-order valence-corrected chi connectivity index (χ0v) is 26.5. The lowest BCUT2D eigenvalue weighted by Gasteiger charge is -2.14. The molecule has 0 N–H and O–H groups in total. The molecule has 0 aliphatic heterocycles. The van der Waals surface area contributed by atoms with Gasteiger partial charge in [-0.1, -0.05) is 146 Å². The number of fused-ring (bicyclic) bond motifs is 3. The zero-order valence-electron chi connectivity index (χ0n) is 26.5.